The van der Waals surface area contributed by atoms with Crippen LogP contribution in [0, 0.1) is 0 Å². The van der Waals surface area contributed by atoms with Gasteiger partial charge in [-0.2, -0.15) is 0 Å². The molecule has 1 unspecified atom stereocenters. The van der Waals surface area contributed by atoms with Crippen LogP contribution in [0.3, 0.4) is 0 Å². The fraction of sp³-hybridized carbons (Fsp3) is 0.692. The molecule has 19 heavy (non-hydrogen) atoms. The molecule has 1 aliphatic heterocycles. The summed E-state index contributed by atoms with van der Waals surface area (Å²) in [7, 11) is 1.62. The molecule has 0 amide bonds. The molecule has 2 fully saturated rings. The predicted molar refractivity (Wildman–Crippen MR) is 71.6 cm³/mol. The molecule has 2 heterocycles. The highest BCUT2D eigenvalue weighted by molar-refractivity contribution is 5.42. The highest BCUT2D eigenvalue weighted by Gasteiger charge is 2.27. The molecule has 6 nitrogen and oxygen atoms in total. The summed E-state index contributed by atoms with van der Waals surface area (Å²) in [5.41, 5.74) is 0. The SMILES string of the molecule is COc1cc(N2CCOCC2CNC2CC2)ncn1. The van der Waals surface area contributed by atoms with Crippen LogP contribution in [-0.2, 0) is 4.74 Å². The van der Waals surface area contributed by atoms with Gasteiger partial charge in [-0.15, -0.1) is 0 Å². The number of aromatic nitrogens is 2. The van der Waals surface area contributed by atoms with Gasteiger partial charge in [-0.25, -0.2) is 9.97 Å². The van der Waals surface area contributed by atoms with E-state index in [4.69, 9.17) is 9.47 Å². The fourth-order valence-corrected chi connectivity index (χ4v) is 2.31. The van der Waals surface area contributed by atoms with E-state index in [0.717, 1.165) is 32.1 Å². The van der Waals surface area contributed by atoms with Crippen LogP contribution < -0.4 is 15.0 Å². The van der Waals surface area contributed by atoms with Crippen molar-refractivity contribution in [2.45, 2.75) is 24.9 Å². The standard InChI is InChI=1S/C13H20N4O2/c1-18-13-6-12(15-9-16-13)17-4-5-19-8-11(17)7-14-10-2-3-10/h6,9-11,14H,2-5,7-8H2,1H3. The quantitative estimate of drug-likeness (QED) is 0.833. The molecule has 0 aromatic carbocycles. The van der Waals surface area contributed by atoms with Crippen LogP contribution in [0.15, 0.2) is 12.4 Å². The Morgan fingerprint density at radius 3 is 3.16 bits per heavy atom. The Bertz CT molecular complexity index is 425. The molecule has 6 heteroatoms. The molecule has 2 aliphatic rings. The Kier molecular flexibility index (Phi) is 3.79. The Morgan fingerprint density at radius 1 is 1.47 bits per heavy atom. The third-order valence-corrected chi connectivity index (χ3v) is 3.58. The molecule has 1 aromatic rings. The minimum Gasteiger partial charge on any atom is -0.481 e. The van der Waals surface area contributed by atoms with Crippen LogP contribution >= 0.6 is 0 Å². The molecular formula is C13H20N4O2. The Morgan fingerprint density at radius 2 is 2.37 bits per heavy atom. The van der Waals surface area contributed by atoms with Gasteiger partial charge in [-0.1, -0.05) is 0 Å². The maximum Gasteiger partial charge on any atom is 0.218 e. The van der Waals surface area contributed by atoms with Gasteiger partial charge in [-0.05, 0) is 12.8 Å². The van der Waals surface area contributed by atoms with Gasteiger partial charge < -0.3 is 19.7 Å². The number of hydrogen-bond acceptors (Lipinski definition) is 6. The summed E-state index contributed by atoms with van der Waals surface area (Å²) in [6.45, 7) is 3.28. The van der Waals surface area contributed by atoms with Crippen LogP contribution in [0.1, 0.15) is 12.8 Å². The maximum atomic E-state index is 5.59. The van der Waals surface area contributed by atoms with E-state index in [9.17, 15) is 0 Å². The number of anilines is 1. The summed E-state index contributed by atoms with van der Waals surface area (Å²) >= 11 is 0. The van der Waals surface area contributed by atoms with Crippen molar-refractivity contribution in [3.05, 3.63) is 12.4 Å². The summed E-state index contributed by atoms with van der Waals surface area (Å²) in [5.74, 6) is 1.52. The molecule has 0 radical (unpaired) electrons. The lowest BCUT2D eigenvalue weighted by Gasteiger charge is -2.36. The van der Waals surface area contributed by atoms with Gasteiger partial charge in [0.05, 0.1) is 26.4 Å². The minimum absolute atomic E-state index is 0.328. The van der Waals surface area contributed by atoms with Gasteiger partial charge in [0.15, 0.2) is 0 Å². The second-order valence-electron chi connectivity index (χ2n) is 5.02. The maximum absolute atomic E-state index is 5.59. The van der Waals surface area contributed by atoms with Crippen molar-refractivity contribution >= 4 is 5.82 Å². The molecule has 0 bridgehead atoms. The molecule has 1 N–H and O–H groups in total. The van der Waals surface area contributed by atoms with E-state index < -0.39 is 0 Å². The van der Waals surface area contributed by atoms with Crippen molar-refractivity contribution in [1.29, 1.82) is 0 Å². The van der Waals surface area contributed by atoms with Gasteiger partial charge in [-0.3, -0.25) is 0 Å². The molecule has 1 aromatic heterocycles. The first kappa shape index (κ1) is 12.6. The summed E-state index contributed by atoms with van der Waals surface area (Å²) in [6.07, 6.45) is 4.15. The van der Waals surface area contributed by atoms with Crippen molar-refractivity contribution < 1.29 is 9.47 Å². The summed E-state index contributed by atoms with van der Waals surface area (Å²) < 4.78 is 10.8. The fourth-order valence-electron chi connectivity index (χ4n) is 2.31. The molecule has 104 valence electrons. The van der Waals surface area contributed by atoms with E-state index in [1.165, 1.54) is 12.8 Å². The number of methoxy groups -OCH3 is 1. The average molecular weight is 264 g/mol. The zero-order chi connectivity index (χ0) is 13.1. The molecule has 1 aliphatic carbocycles. The first-order chi connectivity index (χ1) is 9.36. The third kappa shape index (κ3) is 3.13. The van der Waals surface area contributed by atoms with Gasteiger partial charge in [0.2, 0.25) is 5.88 Å². The molecule has 1 saturated carbocycles. The predicted octanol–water partition coefficient (Wildman–Crippen LogP) is 0.442. The van der Waals surface area contributed by atoms with Crippen molar-refractivity contribution in [1.82, 2.24) is 15.3 Å². The highest BCUT2D eigenvalue weighted by atomic mass is 16.5. The number of morpholine rings is 1. The zero-order valence-electron chi connectivity index (χ0n) is 11.2. The monoisotopic (exact) mass is 264 g/mol. The first-order valence-corrected chi connectivity index (χ1v) is 6.80. The van der Waals surface area contributed by atoms with Gasteiger partial charge in [0.1, 0.15) is 12.1 Å². The third-order valence-electron chi connectivity index (χ3n) is 3.58. The lowest BCUT2D eigenvalue weighted by Crippen LogP contribution is -2.51. The first-order valence-electron chi connectivity index (χ1n) is 6.80. The van der Waals surface area contributed by atoms with Gasteiger partial charge in [0, 0.05) is 25.2 Å². The number of nitrogens with one attached hydrogen (secondary N) is 1. The van der Waals surface area contributed by atoms with Crippen LogP contribution in [0.4, 0.5) is 5.82 Å². The van der Waals surface area contributed by atoms with Gasteiger partial charge in [0.25, 0.3) is 0 Å². The zero-order valence-corrected chi connectivity index (χ0v) is 11.2. The summed E-state index contributed by atoms with van der Waals surface area (Å²) in [5, 5.41) is 3.56. The average Bonchev–Trinajstić information content (AvgIpc) is 3.30. The van der Waals surface area contributed by atoms with Gasteiger partial charge >= 0.3 is 0 Å². The Labute approximate surface area is 113 Å². The van der Waals surface area contributed by atoms with E-state index in [2.05, 4.69) is 20.2 Å². The smallest absolute Gasteiger partial charge is 0.218 e. The van der Waals surface area contributed by atoms with E-state index in [-0.39, 0.29) is 0 Å². The number of nitrogens with zero attached hydrogens (tertiary/aromatic N) is 3. The minimum atomic E-state index is 0.328. The number of rotatable bonds is 5. The Balaban J connectivity index is 1.70. The summed E-state index contributed by atoms with van der Waals surface area (Å²) in [4.78, 5) is 10.7. The molecule has 0 spiro atoms. The Hall–Kier alpha value is -1.40. The second kappa shape index (κ2) is 5.71. The largest absolute Gasteiger partial charge is 0.481 e. The van der Waals surface area contributed by atoms with Crippen molar-refractivity contribution in [3.63, 3.8) is 0 Å². The van der Waals surface area contributed by atoms with Crippen molar-refractivity contribution in [2.75, 3.05) is 38.3 Å². The van der Waals surface area contributed by atoms with Crippen molar-refractivity contribution in [2.24, 2.45) is 0 Å². The van der Waals surface area contributed by atoms with E-state index >= 15 is 0 Å². The van der Waals surface area contributed by atoms with Crippen LogP contribution in [-0.4, -0.2) is 55.5 Å². The summed E-state index contributed by atoms with van der Waals surface area (Å²) in [6, 6.07) is 2.92. The molecule has 1 saturated heterocycles. The second-order valence-corrected chi connectivity index (χ2v) is 5.02. The van der Waals surface area contributed by atoms with E-state index in [0.29, 0.717) is 18.0 Å². The van der Waals surface area contributed by atoms with Crippen LogP contribution in [0.2, 0.25) is 0 Å². The molecule has 3 rings (SSSR count). The normalized spacial score (nSPS) is 23.4. The van der Waals surface area contributed by atoms with Crippen LogP contribution in [0.5, 0.6) is 5.88 Å². The van der Waals surface area contributed by atoms with E-state index in [1.54, 1.807) is 13.4 Å². The molecule has 1 atom stereocenters. The number of ether oxygens (including phenoxy) is 2. The number of hydrogen-bond donors (Lipinski definition) is 1. The molecular weight excluding hydrogens is 244 g/mol. The van der Waals surface area contributed by atoms with Crippen molar-refractivity contribution in [3.8, 4) is 5.88 Å². The lowest BCUT2D eigenvalue weighted by atomic mass is 10.2. The lowest BCUT2D eigenvalue weighted by molar-refractivity contribution is 0.0932. The highest BCUT2D eigenvalue weighted by Crippen LogP contribution is 2.22. The van der Waals surface area contributed by atoms with Crippen LogP contribution in [0.25, 0.3) is 0 Å². The topological polar surface area (TPSA) is 59.5 Å². The van der Waals surface area contributed by atoms with E-state index in [1.807, 2.05) is 6.07 Å².